The van der Waals surface area contributed by atoms with Crippen LogP contribution >= 0.6 is 11.6 Å². The van der Waals surface area contributed by atoms with Crippen molar-refractivity contribution in [2.75, 3.05) is 31.2 Å². The summed E-state index contributed by atoms with van der Waals surface area (Å²) >= 11 is 6.15. The molecule has 0 atom stereocenters. The number of hydrogen-bond acceptors (Lipinski definition) is 6. The molecule has 4 heterocycles. The molecular formula is C14H16ClN5O2. The Morgan fingerprint density at radius 3 is 2.59 bits per heavy atom. The monoisotopic (exact) mass is 321 g/mol. The van der Waals surface area contributed by atoms with Crippen molar-refractivity contribution in [3.8, 4) is 6.01 Å². The third-order valence-electron chi connectivity index (χ3n) is 4.73. The molecular weight excluding hydrogens is 306 g/mol. The summed E-state index contributed by atoms with van der Waals surface area (Å²) in [6.07, 6.45) is 3.26. The number of rotatable bonds is 1. The number of halogens is 1. The Labute approximate surface area is 132 Å². The molecule has 1 aliphatic carbocycles. The Morgan fingerprint density at radius 2 is 1.82 bits per heavy atom. The highest BCUT2D eigenvalue weighted by atomic mass is 35.5. The number of aryl methyl sites for hydroxylation is 1. The van der Waals surface area contributed by atoms with Crippen LogP contribution in [0, 0.1) is 0 Å². The van der Waals surface area contributed by atoms with Gasteiger partial charge in [-0.3, -0.25) is 4.57 Å². The summed E-state index contributed by atoms with van der Waals surface area (Å²) in [5, 5.41) is 0.253. The lowest BCUT2D eigenvalue weighted by Crippen LogP contribution is -2.37. The molecule has 2 fully saturated rings. The molecule has 2 aromatic heterocycles. The molecule has 0 radical (unpaired) electrons. The van der Waals surface area contributed by atoms with Gasteiger partial charge in [-0.15, -0.1) is 0 Å². The molecule has 2 aliphatic heterocycles. The number of hydrogen-bond donors (Lipinski definition) is 0. The van der Waals surface area contributed by atoms with E-state index in [0.29, 0.717) is 19.2 Å². The summed E-state index contributed by atoms with van der Waals surface area (Å²) in [6.45, 7) is 3.83. The fraction of sp³-hybridized carbons (Fsp3) is 0.643. The van der Waals surface area contributed by atoms with E-state index in [1.807, 2.05) is 4.57 Å². The zero-order chi connectivity index (χ0) is 14.7. The van der Waals surface area contributed by atoms with Crippen LogP contribution in [0.15, 0.2) is 0 Å². The molecule has 0 N–H and O–H groups in total. The van der Waals surface area contributed by atoms with Crippen molar-refractivity contribution in [1.29, 1.82) is 0 Å². The van der Waals surface area contributed by atoms with Gasteiger partial charge in [0.05, 0.1) is 13.2 Å². The predicted octanol–water partition coefficient (Wildman–Crippen LogP) is 1.63. The van der Waals surface area contributed by atoms with Crippen molar-refractivity contribution in [3.05, 3.63) is 5.28 Å². The van der Waals surface area contributed by atoms with Gasteiger partial charge in [0.25, 0.3) is 6.01 Å². The van der Waals surface area contributed by atoms with Gasteiger partial charge in [0, 0.05) is 26.1 Å². The lowest BCUT2D eigenvalue weighted by molar-refractivity contribution is 0.112. The third-order valence-corrected chi connectivity index (χ3v) is 4.90. The minimum Gasteiger partial charge on any atom is -0.458 e. The second-order valence-corrected chi connectivity index (χ2v) is 6.51. The van der Waals surface area contributed by atoms with Crippen molar-refractivity contribution in [3.63, 3.8) is 0 Å². The van der Waals surface area contributed by atoms with E-state index in [4.69, 9.17) is 21.1 Å². The first kappa shape index (κ1) is 12.9. The topological polar surface area (TPSA) is 65.3 Å². The van der Waals surface area contributed by atoms with E-state index in [-0.39, 0.29) is 10.9 Å². The molecule has 2 aromatic rings. The molecule has 0 unspecified atom stereocenters. The van der Waals surface area contributed by atoms with E-state index in [1.54, 1.807) is 0 Å². The first-order valence-electron chi connectivity index (χ1n) is 7.70. The van der Waals surface area contributed by atoms with E-state index in [2.05, 4.69) is 19.9 Å². The zero-order valence-electron chi connectivity index (χ0n) is 12.1. The van der Waals surface area contributed by atoms with Gasteiger partial charge in [0.2, 0.25) is 5.28 Å². The summed E-state index contributed by atoms with van der Waals surface area (Å²) in [7, 11) is 0. The van der Waals surface area contributed by atoms with E-state index in [0.717, 1.165) is 55.9 Å². The highest BCUT2D eigenvalue weighted by Gasteiger charge is 2.48. The van der Waals surface area contributed by atoms with Crippen molar-refractivity contribution in [2.45, 2.75) is 31.4 Å². The van der Waals surface area contributed by atoms with Gasteiger partial charge in [0.15, 0.2) is 17.0 Å². The van der Waals surface area contributed by atoms with Gasteiger partial charge in [-0.05, 0) is 24.4 Å². The number of ether oxygens (including phenoxy) is 2. The average molecular weight is 322 g/mol. The molecule has 5 rings (SSSR count). The van der Waals surface area contributed by atoms with Crippen LogP contribution in [0.5, 0.6) is 6.01 Å². The summed E-state index contributed by atoms with van der Waals surface area (Å²) in [6, 6.07) is 0.657. The first-order chi connectivity index (χ1) is 10.7. The van der Waals surface area contributed by atoms with Crippen LogP contribution in [0.25, 0.3) is 11.2 Å². The molecule has 7 nitrogen and oxygen atoms in total. The maximum atomic E-state index is 6.15. The minimum absolute atomic E-state index is 0.0354. The highest BCUT2D eigenvalue weighted by molar-refractivity contribution is 6.28. The molecule has 0 bridgehead atoms. The molecule has 3 aliphatic rings. The molecule has 0 aromatic carbocycles. The van der Waals surface area contributed by atoms with E-state index in [9.17, 15) is 0 Å². The summed E-state index contributed by atoms with van der Waals surface area (Å²) in [4.78, 5) is 15.6. The molecule has 22 heavy (non-hydrogen) atoms. The number of fused-ring (bicyclic) bond motifs is 3. The lowest BCUT2D eigenvalue weighted by atomic mass is 10.2. The third kappa shape index (κ3) is 1.88. The Hall–Kier alpha value is -1.60. The van der Waals surface area contributed by atoms with Gasteiger partial charge in [0.1, 0.15) is 5.60 Å². The highest BCUT2D eigenvalue weighted by Crippen LogP contribution is 2.47. The van der Waals surface area contributed by atoms with Crippen LogP contribution in [0.1, 0.15) is 19.3 Å². The Kier molecular flexibility index (Phi) is 2.61. The molecule has 0 amide bonds. The molecule has 8 heteroatoms. The molecule has 1 saturated heterocycles. The average Bonchev–Trinajstić information content (AvgIpc) is 3.18. The zero-order valence-corrected chi connectivity index (χ0v) is 12.8. The summed E-state index contributed by atoms with van der Waals surface area (Å²) in [5.74, 6) is 0.786. The van der Waals surface area contributed by atoms with Crippen molar-refractivity contribution < 1.29 is 9.47 Å². The van der Waals surface area contributed by atoms with Crippen LogP contribution in [0.3, 0.4) is 0 Å². The predicted molar refractivity (Wildman–Crippen MR) is 80.6 cm³/mol. The lowest BCUT2D eigenvalue weighted by Gasteiger charge is -2.27. The number of imidazole rings is 1. The smallest absolute Gasteiger partial charge is 0.299 e. The first-order valence-corrected chi connectivity index (χ1v) is 8.07. The summed E-state index contributed by atoms with van der Waals surface area (Å²) < 4.78 is 13.5. The van der Waals surface area contributed by atoms with E-state index >= 15 is 0 Å². The number of anilines is 1. The van der Waals surface area contributed by atoms with E-state index < -0.39 is 0 Å². The quantitative estimate of drug-likeness (QED) is 0.744. The second kappa shape index (κ2) is 4.45. The van der Waals surface area contributed by atoms with E-state index in [1.165, 1.54) is 0 Å². The molecule has 116 valence electrons. The number of nitrogens with zero attached hydrogens (tertiary/aromatic N) is 5. The van der Waals surface area contributed by atoms with Crippen LogP contribution in [-0.4, -0.2) is 51.4 Å². The van der Waals surface area contributed by atoms with Gasteiger partial charge in [-0.2, -0.15) is 15.0 Å². The number of morpholine rings is 1. The van der Waals surface area contributed by atoms with Crippen LogP contribution in [0.2, 0.25) is 5.28 Å². The normalized spacial score (nSPS) is 22.7. The van der Waals surface area contributed by atoms with Crippen LogP contribution < -0.4 is 9.64 Å². The van der Waals surface area contributed by atoms with Crippen LogP contribution in [-0.2, 0) is 11.3 Å². The Bertz CT molecular complexity index is 751. The van der Waals surface area contributed by atoms with Crippen LogP contribution in [0.4, 0.5) is 5.82 Å². The van der Waals surface area contributed by atoms with Crippen molar-refractivity contribution in [2.24, 2.45) is 0 Å². The standard InChI is InChI=1S/C14H16ClN5O2/c15-12-17-10(19-5-7-21-8-6-19)9-11(18-12)20-4-3-14(1-2-14)22-13(20)16-9/h1-8H2. The van der Waals surface area contributed by atoms with Gasteiger partial charge in [-0.25, -0.2) is 0 Å². The van der Waals surface area contributed by atoms with Gasteiger partial charge < -0.3 is 14.4 Å². The Balaban J connectivity index is 1.65. The summed E-state index contributed by atoms with van der Waals surface area (Å²) in [5.41, 5.74) is 1.58. The maximum absolute atomic E-state index is 6.15. The largest absolute Gasteiger partial charge is 0.458 e. The van der Waals surface area contributed by atoms with Gasteiger partial charge in [-0.1, -0.05) is 0 Å². The minimum atomic E-state index is 0.0354. The van der Waals surface area contributed by atoms with Crippen molar-refractivity contribution >= 4 is 28.6 Å². The van der Waals surface area contributed by atoms with Gasteiger partial charge >= 0.3 is 0 Å². The van der Waals surface area contributed by atoms with Crippen molar-refractivity contribution in [1.82, 2.24) is 19.5 Å². The molecule has 1 saturated carbocycles. The second-order valence-electron chi connectivity index (χ2n) is 6.17. The molecule has 1 spiro atoms. The maximum Gasteiger partial charge on any atom is 0.299 e. The Morgan fingerprint density at radius 1 is 1.00 bits per heavy atom. The number of aromatic nitrogens is 4. The fourth-order valence-corrected chi connectivity index (χ4v) is 3.43. The fourth-order valence-electron chi connectivity index (χ4n) is 3.27. The SMILES string of the molecule is Clc1nc(N2CCOCC2)c2nc3n(c2n1)CCC1(CC1)O3.